The van der Waals surface area contributed by atoms with E-state index in [0.717, 1.165) is 33.3 Å². The molecule has 2 unspecified atom stereocenters. The van der Waals surface area contributed by atoms with E-state index in [-0.39, 0.29) is 23.0 Å². The van der Waals surface area contributed by atoms with Gasteiger partial charge in [0.25, 0.3) is 0 Å². The minimum atomic E-state index is -0.540. The first-order valence-electron chi connectivity index (χ1n) is 10.9. The topological polar surface area (TPSA) is 46.6 Å². The number of fused-ring (bicyclic) bond motifs is 2. The number of hydrogen-bond acceptors (Lipinski definition) is 4. The van der Waals surface area contributed by atoms with Gasteiger partial charge in [-0.15, -0.1) is 11.8 Å². The number of methoxy groups -OCH3 is 1. The van der Waals surface area contributed by atoms with Crippen molar-refractivity contribution in [2.45, 2.75) is 37.7 Å². The molecule has 0 aromatic heterocycles. The van der Waals surface area contributed by atoms with Crippen LogP contribution in [0.25, 0.3) is 10.8 Å². The van der Waals surface area contributed by atoms with Crippen molar-refractivity contribution in [2.75, 3.05) is 18.6 Å². The van der Waals surface area contributed by atoms with Crippen LogP contribution in [-0.2, 0) is 9.59 Å². The molecule has 4 nitrogen and oxygen atoms in total. The van der Waals surface area contributed by atoms with Crippen LogP contribution in [0.5, 0.6) is 5.75 Å². The Morgan fingerprint density at radius 2 is 1.79 bits per heavy atom. The fourth-order valence-electron chi connectivity index (χ4n) is 4.36. The minimum absolute atomic E-state index is 0.0381. The smallest absolute Gasteiger partial charge is 0.240 e. The Hall–Kier alpha value is -2.50. The number of carbonyl (C=O) groups is 1. The number of rotatable bonds is 5. The lowest BCUT2D eigenvalue weighted by molar-refractivity contribution is -0.118. The summed E-state index contributed by atoms with van der Waals surface area (Å²) in [5, 5.41) is 1.93. The van der Waals surface area contributed by atoms with Crippen LogP contribution in [0.1, 0.15) is 43.6 Å². The Morgan fingerprint density at radius 3 is 2.45 bits per heavy atom. The van der Waals surface area contributed by atoms with Gasteiger partial charge in [-0.25, -0.2) is 0 Å². The molecule has 33 heavy (non-hydrogen) atoms. The van der Waals surface area contributed by atoms with Gasteiger partial charge in [-0.05, 0) is 46.2 Å². The average Bonchev–Trinajstić information content (AvgIpc) is 2.88. The lowest BCUT2D eigenvalue weighted by Gasteiger charge is -2.31. The number of hydrogen-bond donors (Lipinski definition) is 0. The first-order valence-corrected chi connectivity index (χ1v) is 12.2. The molecule has 0 fully saturated rings. The van der Waals surface area contributed by atoms with Crippen LogP contribution in [0.2, 0.25) is 5.02 Å². The molecule has 171 valence electrons. The zero-order valence-corrected chi connectivity index (χ0v) is 20.8. The fourth-order valence-corrected chi connectivity index (χ4v) is 5.96. The van der Waals surface area contributed by atoms with Crippen molar-refractivity contribution < 1.29 is 14.3 Å². The van der Waals surface area contributed by atoms with E-state index in [9.17, 15) is 9.59 Å². The molecule has 1 heterocycles. The van der Waals surface area contributed by atoms with Gasteiger partial charge in [-0.3, -0.25) is 9.59 Å². The molecule has 3 aromatic rings. The number of thioether (sulfide) groups is 1. The number of nitrogens with zero attached hydrogens (tertiary/aromatic N) is 1. The van der Waals surface area contributed by atoms with Crippen molar-refractivity contribution in [1.29, 1.82) is 0 Å². The summed E-state index contributed by atoms with van der Waals surface area (Å²) in [6.07, 6.45) is 2.02. The minimum Gasteiger partial charge on any atom is -0.496 e. The molecule has 0 spiro atoms. The molecule has 4 rings (SSSR count). The summed E-state index contributed by atoms with van der Waals surface area (Å²) < 4.78 is 5.59. The SMILES string of the molecule is COc1ccc(C2SC(C[C]=O)C(=O)N(CC(C)(C)C)c3ccc(Cl)cc32)c2ccccc12. The molecule has 1 aliphatic rings. The van der Waals surface area contributed by atoms with Crippen LogP contribution in [0, 0.1) is 5.41 Å². The lowest BCUT2D eigenvalue weighted by Crippen LogP contribution is -2.42. The van der Waals surface area contributed by atoms with Crippen molar-refractivity contribution in [3.05, 3.63) is 70.7 Å². The molecule has 0 saturated heterocycles. The van der Waals surface area contributed by atoms with Crippen LogP contribution in [0.4, 0.5) is 5.69 Å². The van der Waals surface area contributed by atoms with Crippen molar-refractivity contribution >= 4 is 52.0 Å². The third-order valence-electron chi connectivity index (χ3n) is 5.73. The highest BCUT2D eigenvalue weighted by Crippen LogP contribution is 2.50. The number of ether oxygens (including phenoxy) is 1. The third-order valence-corrected chi connectivity index (χ3v) is 7.44. The Labute approximate surface area is 204 Å². The highest BCUT2D eigenvalue weighted by molar-refractivity contribution is 8.01. The van der Waals surface area contributed by atoms with E-state index in [0.29, 0.717) is 11.6 Å². The van der Waals surface area contributed by atoms with E-state index in [4.69, 9.17) is 16.3 Å². The van der Waals surface area contributed by atoms with Crippen LogP contribution < -0.4 is 9.64 Å². The average molecular weight is 481 g/mol. The van der Waals surface area contributed by atoms with E-state index >= 15 is 0 Å². The highest BCUT2D eigenvalue weighted by atomic mass is 35.5. The summed E-state index contributed by atoms with van der Waals surface area (Å²) in [6, 6.07) is 17.8. The maximum Gasteiger partial charge on any atom is 0.240 e. The van der Waals surface area contributed by atoms with E-state index in [1.807, 2.05) is 53.7 Å². The molecule has 1 aliphatic heterocycles. The Balaban J connectivity index is 1.97. The maximum absolute atomic E-state index is 13.7. The summed E-state index contributed by atoms with van der Waals surface area (Å²) >= 11 is 7.96. The van der Waals surface area contributed by atoms with Gasteiger partial charge >= 0.3 is 0 Å². The number of halogens is 1. The van der Waals surface area contributed by atoms with Gasteiger partial charge < -0.3 is 9.64 Å². The highest BCUT2D eigenvalue weighted by Gasteiger charge is 2.38. The standard InChI is InChI=1S/C27H27ClNO3S/c1-27(2,3)16-29-22-11-9-17(28)15-21(22)25(33-24(13-14-30)26(29)31)20-10-12-23(32-4)19-8-6-5-7-18(19)20/h5-12,15,24-25H,13,16H2,1-4H3. The predicted octanol–water partition coefficient (Wildman–Crippen LogP) is 6.59. The largest absolute Gasteiger partial charge is 0.496 e. The molecule has 6 heteroatoms. The van der Waals surface area contributed by atoms with Crippen LogP contribution >= 0.6 is 23.4 Å². The summed E-state index contributed by atoms with van der Waals surface area (Å²) in [5.41, 5.74) is 2.74. The zero-order valence-electron chi connectivity index (χ0n) is 19.2. The quantitative estimate of drug-likeness (QED) is 0.413. The van der Waals surface area contributed by atoms with Crippen molar-refractivity contribution in [3.8, 4) is 5.75 Å². The van der Waals surface area contributed by atoms with Crippen molar-refractivity contribution in [1.82, 2.24) is 0 Å². The molecule has 1 amide bonds. The molecular formula is C27H27ClNO3S. The Morgan fingerprint density at radius 1 is 1.06 bits per heavy atom. The normalized spacial score (nSPS) is 18.7. The summed E-state index contributed by atoms with van der Waals surface area (Å²) in [7, 11) is 1.66. The zero-order chi connectivity index (χ0) is 23.8. The molecule has 0 bridgehead atoms. The van der Waals surface area contributed by atoms with E-state index in [1.165, 1.54) is 11.8 Å². The van der Waals surface area contributed by atoms with Crippen molar-refractivity contribution in [3.63, 3.8) is 0 Å². The second-order valence-corrected chi connectivity index (χ2v) is 11.2. The number of carbonyl (C=O) groups excluding carboxylic acids is 2. The predicted molar refractivity (Wildman–Crippen MR) is 137 cm³/mol. The van der Waals surface area contributed by atoms with Crippen molar-refractivity contribution in [2.24, 2.45) is 5.41 Å². The van der Waals surface area contributed by atoms with E-state index in [1.54, 1.807) is 7.11 Å². The van der Waals surface area contributed by atoms with Crippen LogP contribution in [0.15, 0.2) is 54.6 Å². The molecular weight excluding hydrogens is 454 g/mol. The Bertz CT molecular complexity index is 1200. The number of anilines is 1. The molecule has 0 N–H and O–H groups in total. The second kappa shape index (κ2) is 9.40. The fraction of sp³-hybridized carbons (Fsp3) is 0.333. The van der Waals surface area contributed by atoms with E-state index in [2.05, 4.69) is 32.9 Å². The van der Waals surface area contributed by atoms with Gasteiger partial charge in [0, 0.05) is 29.1 Å². The number of amides is 1. The second-order valence-electron chi connectivity index (χ2n) is 9.44. The van der Waals surface area contributed by atoms with Crippen LogP contribution in [-0.4, -0.2) is 31.1 Å². The molecule has 0 aliphatic carbocycles. The van der Waals surface area contributed by atoms with Gasteiger partial charge in [-0.2, -0.15) is 0 Å². The van der Waals surface area contributed by atoms with Gasteiger partial charge in [0.2, 0.25) is 5.91 Å². The maximum atomic E-state index is 13.7. The summed E-state index contributed by atoms with van der Waals surface area (Å²) in [4.78, 5) is 26.9. The molecule has 0 saturated carbocycles. The molecule has 2 atom stereocenters. The van der Waals surface area contributed by atoms with Gasteiger partial charge in [0.05, 0.1) is 17.6 Å². The summed E-state index contributed by atoms with van der Waals surface area (Å²) in [6.45, 7) is 6.84. The third kappa shape index (κ3) is 4.75. The lowest BCUT2D eigenvalue weighted by atomic mass is 9.93. The molecule has 1 radical (unpaired) electrons. The molecule has 3 aromatic carbocycles. The first kappa shape index (κ1) is 23.7. The van der Waals surface area contributed by atoms with Gasteiger partial charge in [-0.1, -0.05) is 62.7 Å². The van der Waals surface area contributed by atoms with Gasteiger partial charge in [0.1, 0.15) is 5.75 Å². The summed E-state index contributed by atoms with van der Waals surface area (Å²) in [5.74, 6) is 0.727. The Kier molecular flexibility index (Phi) is 6.73. The number of benzene rings is 3. The van der Waals surface area contributed by atoms with Gasteiger partial charge in [0.15, 0.2) is 6.29 Å². The monoisotopic (exact) mass is 480 g/mol. The van der Waals surface area contributed by atoms with Crippen LogP contribution in [0.3, 0.4) is 0 Å². The first-order chi connectivity index (χ1) is 15.7. The van der Waals surface area contributed by atoms with E-state index < -0.39 is 5.25 Å².